The highest BCUT2D eigenvalue weighted by Gasteiger charge is 2.42. The first-order valence-electron chi connectivity index (χ1n) is 32.9. The number of carbonyl (C=O) groups is 5. The van der Waals surface area contributed by atoms with Gasteiger partial charge in [0.25, 0.3) is 0 Å². The number of carbonyl (C=O) groups excluding carboxylic acids is 5. The minimum atomic E-state index is -3.73. The van der Waals surface area contributed by atoms with Crippen LogP contribution in [0.4, 0.5) is 0 Å². The maximum absolute atomic E-state index is 13.8. The van der Waals surface area contributed by atoms with Crippen molar-refractivity contribution in [2.45, 2.75) is 153 Å². The number of unbranched alkanes of at least 4 members (excludes halogenated alkanes) is 1. The summed E-state index contributed by atoms with van der Waals surface area (Å²) in [5, 5.41) is 20.7. The van der Waals surface area contributed by atoms with E-state index in [2.05, 4.69) is 37.2 Å². The number of cyclic esters (lactones) is 2. The summed E-state index contributed by atoms with van der Waals surface area (Å²) in [4.78, 5) is 69.7. The fraction of sp³-hybridized carbons (Fsp3) is 0.594. The van der Waals surface area contributed by atoms with E-state index in [1.807, 2.05) is 88.6 Å². The van der Waals surface area contributed by atoms with Crippen LogP contribution in [-0.2, 0) is 99.2 Å². The third-order valence-electron chi connectivity index (χ3n) is 15.6. The van der Waals surface area contributed by atoms with E-state index in [0.29, 0.717) is 160 Å². The summed E-state index contributed by atoms with van der Waals surface area (Å²) in [7, 11) is 0.303. The number of allylic oxidation sites excluding steroid dienone is 7. The third kappa shape index (κ3) is 31.6. The SMILES string of the molecule is CC(/C=C/C(C)=C/[C@@H]1Cc2nc(cs2)CC/C(CCS(=O)(=O)c2ccc(CCc3cn(CCCNC(=O)CCOCCOCCOCCOCCOCCNC(=O)CCCC[C@@H]4SC[C@@H]5CC(=O)N[C@@H]54)nn3)cc2)=C/C(=O)O[C@@H](C)C/C(C)=C/C=C\C(=O)O1)=C\CN(C)C. The molecule has 3 N–H and O–H groups in total. The monoisotopic (exact) mass is 1360 g/mol. The number of amides is 3. The summed E-state index contributed by atoms with van der Waals surface area (Å²) in [6.07, 6.45) is 23.1. The standard InChI is InChI=1S/C69H100N8O14S3/c1-51(25-31-76(5)6)15-16-53(3)44-60-47-66-72-59(50-93-66)22-18-56(45-68(82)90-54(4)43-52(2)11-9-14-67(81)91-60)27-42-94(83,84)61-23-19-55(20-24-61)17-21-58-48-77(75-74-58)30-10-28-70-64(79)26-32-85-34-36-87-38-40-89-41-39-88-37-35-86-33-29-71-63(78)13-8-7-12-62-69-57(49-92-62)46-65(80)73-69/h9,11,14-16,19-20,23-25,44-45,48,50,54,57,60,62,69H,7-8,10,12-13,17-18,21-22,26-43,46-47,49H2,1-6H3,(H,70,79)(H,71,78)(H,73,80)/b14-9-,16-15+,51-25+,52-11+,53-44+,56-45-/t54-,57-,60+,62-,69-/m0/s1. The molecule has 0 aliphatic carbocycles. The summed E-state index contributed by atoms with van der Waals surface area (Å²) >= 11 is 3.41. The Kier molecular flexibility index (Phi) is 35.2. The molecule has 2 fully saturated rings. The van der Waals surface area contributed by atoms with Crippen LogP contribution in [0, 0.1) is 5.92 Å². The summed E-state index contributed by atoms with van der Waals surface area (Å²) in [5.74, 6) is 0.390. The van der Waals surface area contributed by atoms with Gasteiger partial charge in [-0.2, -0.15) is 11.8 Å². The predicted octanol–water partition coefficient (Wildman–Crippen LogP) is 7.82. The van der Waals surface area contributed by atoms with Gasteiger partial charge in [-0.15, -0.1) is 16.4 Å². The zero-order chi connectivity index (χ0) is 67.3. The van der Waals surface area contributed by atoms with Crippen LogP contribution < -0.4 is 16.0 Å². The Bertz CT molecular complexity index is 3140. The second kappa shape index (κ2) is 43.1. The lowest BCUT2D eigenvalue weighted by atomic mass is 9.97. The van der Waals surface area contributed by atoms with E-state index in [1.165, 1.54) is 23.5 Å². The first-order chi connectivity index (χ1) is 45.3. The van der Waals surface area contributed by atoms with Gasteiger partial charge in [-0.1, -0.05) is 76.4 Å². The fourth-order valence-corrected chi connectivity index (χ4v) is 14.4. The maximum Gasteiger partial charge on any atom is 0.331 e. The molecular weight excluding hydrogens is 1260 g/mol. The molecular formula is C69H100N8O14S3. The normalized spacial score (nSPS) is 20.9. The van der Waals surface area contributed by atoms with Gasteiger partial charge in [-0.3, -0.25) is 19.1 Å². The molecule has 94 heavy (non-hydrogen) atoms. The van der Waals surface area contributed by atoms with E-state index in [-0.39, 0.29) is 47.8 Å². The van der Waals surface area contributed by atoms with E-state index < -0.39 is 34.0 Å². The Balaban J connectivity index is 0.788. The average molecular weight is 1360 g/mol. The number of likely N-dealkylation sites (N-methyl/N-ethyl adjacent to an activating group) is 1. The number of thiazole rings is 1. The Morgan fingerprint density at radius 2 is 1.49 bits per heavy atom. The number of thioether (sulfide) groups is 1. The number of sulfone groups is 1. The van der Waals surface area contributed by atoms with Crippen LogP contribution in [0.2, 0.25) is 0 Å². The Morgan fingerprint density at radius 1 is 0.798 bits per heavy atom. The lowest BCUT2D eigenvalue weighted by Gasteiger charge is -2.17. The van der Waals surface area contributed by atoms with Gasteiger partial charge in [0.2, 0.25) is 17.7 Å². The van der Waals surface area contributed by atoms with Crippen molar-refractivity contribution >= 4 is 62.6 Å². The number of aromatic nitrogens is 4. The van der Waals surface area contributed by atoms with E-state index in [9.17, 15) is 32.4 Å². The minimum Gasteiger partial charge on any atom is -0.459 e. The van der Waals surface area contributed by atoms with Crippen LogP contribution in [0.15, 0.2) is 112 Å². The molecule has 2 aromatic heterocycles. The molecule has 1 aromatic carbocycles. The molecule has 2 saturated heterocycles. The molecule has 2 bridgehead atoms. The molecule has 0 spiro atoms. The number of hydrogen-bond donors (Lipinski definition) is 3. The smallest absolute Gasteiger partial charge is 0.331 e. The van der Waals surface area contributed by atoms with Gasteiger partial charge in [-0.25, -0.2) is 23.0 Å². The predicted molar refractivity (Wildman–Crippen MR) is 365 cm³/mol. The van der Waals surface area contributed by atoms with Crippen molar-refractivity contribution < 1.29 is 65.5 Å². The summed E-state index contributed by atoms with van der Waals surface area (Å²) < 4.78 is 68.7. The molecule has 22 nitrogen and oxygen atoms in total. The van der Waals surface area contributed by atoms with Gasteiger partial charge in [0, 0.05) is 93.3 Å². The van der Waals surface area contributed by atoms with E-state index >= 15 is 0 Å². The van der Waals surface area contributed by atoms with Crippen molar-refractivity contribution in [3.63, 3.8) is 0 Å². The van der Waals surface area contributed by atoms with Crippen LogP contribution in [0.1, 0.15) is 114 Å². The van der Waals surface area contributed by atoms with Crippen molar-refractivity contribution in [1.29, 1.82) is 0 Å². The van der Waals surface area contributed by atoms with Crippen LogP contribution in [0.5, 0.6) is 0 Å². The molecule has 3 aliphatic rings. The highest BCUT2D eigenvalue weighted by Crippen LogP contribution is 2.39. The lowest BCUT2D eigenvalue weighted by Crippen LogP contribution is -2.34. The Morgan fingerprint density at radius 3 is 2.22 bits per heavy atom. The first-order valence-corrected chi connectivity index (χ1v) is 36.5. The Labute approximate surface area is 564 Å². The molecule has 3 aliphatic heterocycles. The fourth-order valence-electron chi connectivity index (χ4n) is 10.5. The molecule has 0 saturated carbocycles. The number of fused-ring (bicyclic) bond motifs is 3. The first kappa shape index (κ1) is 76.9. The average Bonchev–Trinajstić information content (AvgIpc) is 1.64. The van der Waals surface area contributed by atoms with Gasteiger partial charge in [-0.05, 0) is 129 Å². The molecule has 5 atom stereocenters. The van der Waals surface area contributed by atoms with E-state index in [1.54, 1.807) is 35.9 Å². The van der Waals surface area contributed by atoms with Crippen LogP contribution in [-0.4, -0.2) is 198 Å². The minimum absolute atomic E-state index is 0.0339. The Hall–Kier alpha value is -6.16. The van der Waals surface area contributed by atoms with Gasteiger partial charge in [0.05, 0.1) is 93.1 Å². The zero-order valence-electron chi connectivity index (χ0n) is 55.9. The van der Waals surface area contributed by atoms with Gasteiger partial charge >= 0.3 is 11.9 Å². The van der Waals surface area contributed by atoms with Crippen LogP contribution in [0.25, 0.3) is 0 Å². The molecule has 0 radical (unpaired) electrons. The zero-order valence-corrected chi connectivity index (χ0v) is 58.3. The van der Waals surface area contributed by atoms with Gasteiger partial charge in [0.15, 0.2) is 9.84 Å². The molecule has 6 rings (SSSR count). The molecule has 3 aromatic rings. The number of rotatable bonds is 39. The second-order valence-electron chi connectivity index (χ2n) is 24.2. The van der Waals surface area contributed by atoms with Crippen LogP contribution in [0.3, 0.4) is 0 Å². The summed E-state index contributed by atoms with van der Waals surface area (Å²) in [6, 6.07) is 7.18. The highest BCUT2D eigenvalue weighted by molar-refractivity contribution is 8.00. The molecule has 5 heterocycles. The third-order valence-corrected chi connectivity index (χ3v) is 19.9. The highest BCUT2D eigenvalue weighted by atomic mass is 32.2. The molecule has 3 amide bonds. The van der Waals surface area contributed by atoms with Crippen molar-refractivity contribution in [3.05, 3.63) is 129 Å². The number of nitrogens with zero attached hydrogens (tertiary/aromatic N) is 5. The molecule has 0 unspecified atom stereocenters. The molecule has 25 heteroatoms. The van der Waals surface area contributed by atoms with E-state index in [0.717, 1.165) is 70.2 Å². The largest absolute Gasteiger partial charge is 0.459 e. The topological polar surface area (TPSA) is 267 Å². The number of benzene rings is 1. The number of nitrogens with one attached hydrogen (secondary N) is 3. The van der Waals surface area contributed by atoms with Gasteiger partial charge in [0.1, 0.15) is 12.2 Å². The van der Waals surface area contributed by atoms with Gasteiger partial charge < -0.3 is 54.0 Å². The quantitative estimate of drug-likeness (QED) is 0.0279. The number of aryl methyl sites for hydroxylation is 4. The lowest BCUT2D eigenvalue weighted by molar-refractivity contribution is -0.142. The number of esters is 2. The van der Waals surface area contributed by atoms with Crippen molar-refractivity contribution in [3.8, 4) is 0 Å². The number of ether oxygens (including phenoxy) is 7. The molecule has 518 valence electrons. The summed E-state index contributed by atoms with van der Waals surface area (Å²) in [6.45, 7) is 14.0. The van der Waals surface area contributed by atoms with Crippen molar-refractivity contribution in [2.24, 2.45) is 5.92 Å². The number of hydrogen-bond acceptors (Lipinski definition) is 20. The second-order valence-corrected chi connectivity index (χ2v) is 28.5. The maximum atomic E-state index is 13.8. The van der Waals surface area contributed by atoms with E-state index in [4.69, 9.17) is 38.1 Å². The summed E-state index contributed by atoms with van der Waals surface area (Å²) in [5.41, 5.74) is 6.10. The van der Waals surface area contributed by atoms with Crippen molar-refractivity contribution in [1.82, 2.24) is 40.8 Å². The van der Waals surface area contributed by atoms with Crippen LogP contribution >= 0.6 is 23.1 Å². The van der Waals surface area contributed by atoms with Crippen molar-refractivity contribution in [2.75, 3.05) is 111 Å².